The molecular formula is C15H22Cl2N2O3S. The number of hydrogen-bond donors (Lipinski definition) is 1. The van der Waals surface area contributed by atoms with Crippen LogP contribution in [0.5, 0.6) is 5.75 Å². The smallest absolute Gasteiger partial charge is 0.246 e. The number of piperidine rings is 1. The lowest BCUT2D eigenvalue weighted by Gasteiger charge is -2.33. The highest BCUT2D eigenvalue weighted by atomic mass is 35.5. The van der Waals surface area contributed by atoms with E-state index in [-0.39, 0.29) is 22.7 Å². The van der Waals surface area contributed by atoms with Gasteiger partial charge in [-0.25, -0.2) is 8.42 Å². The van der Waals surface area contributed by atoms with Gasteiger partial charge < -0.3 is 10.1 Å². The van der Waals surface area contributed by atoms with Crippen molar-refractivity contribution >= 4 is 34.0 Å². The molecule has 0 aromatic heterocycles. The topological polar surface area (TPSA) is 58.6 Å². The maximum atomic E-state index is 13.0. The Bertz CT molecular complexity index is 661. The molecule has 1 unspecified atom stereocenters. The predicted molar refractivity (Wildman–Crippen MR) is 93.2 cm³/mol. The molecule has 0 amide bonds. The Balaban J connectivity index is 0.00000192. The highest BCUT2D eigenvalue weighted by Gasteiger charge is 2.44. The van der Waals surface area contributed by atoms with E-state index in [4.69, 9.17) is 16.3 Å². The number of methoxy groups -OCH3 is 1. The van der Waals surface area contributed by atoms with E-state index in [0.29, 0.717) is 23.9 Å². The van der Waals surface area contributed by atoms with Gasteiger partial charge in [0.15, 0.2) is 0 Å². The highest BCUT2D eigenvalue weighted by molar-refractivity contribution is 7.89. The summed E-state index contributed by atoms with van der Waals surface area (Å²) in [5, 5.41) is 3.79. The summed E-state index contributed by atoms with van der Waals surface area (Å²) in [5.41, 5.74) is 0.0805. The second kappa shape index (κ2) is 7.15. The van der Waals surface area contributed by atoms with Crippen molar-refractivity contribution in [3.63, 3.8) is 0 Å². The fourth-order valence-corrected chi connectivity index (χ4v) is 5.44. The highest BCUT2D eigenvalue weighted by Crippen LogP contribution is 2.40. The molecule has 3 rings (SSSR count). The Kier molecular flexibility index (Phi) is 5.85. The largest absolute Gasteiger partial charge is 0.495 e. The van der Waals surface area contributed by atoms with E-state index in [9.17, 15) is 8.42 Å². The molecular weight excluding hydrogens is 359 g/mol. The van der Waals surface area contributed by atoms with Gasteiger partial charge in [-0.15, -0.1) is 12.4 Å². The third kappa shape index (κ3) is 3.61. The fraction of sp³-hybridized carbons (Fsp3) is 0.600. The molecule has 2 aliphatic heterocycles. The van der Waals surface area contributed by atoms with Crippen molar-refractivity contribution in [1.82, 2.24) is 9.62 Å². The van der Waals surface area contributed by atoms with Crippen LogP contribution in [0.3, 0.4) is 0 Å². The Morgan fingerprint density at radius 3 is 2.78 bits per heavy atom. The van der Waals surface area contributed by atoms with E-state index in [1.165, 1.54) is 13.2 Å². The van der Waals surface area contributed by atoms with Gasteiger partial charge in [0.25, 0.3) is 0 Å². The van der Waals surface area contributed by atoms with Crippen molar-refractivity contribution in [3.05, 3.63) is 23.2 Å². The molecule has 130 valence electrons. The molecule has 0 saturated carbocycles. The molecule has 2 saturated heterocycles. The van der Waals surface area contributed by atoms with E-state index in [1.54, 1.807) is 16.4 Å². The van der Waals surface area contributed by atoms with Crippen molar-refractivity contribution in [2.75, 3.05) is 33.3 Å². The van der Waals surface area contributed by atoms with Gasteiger partial charge in [-0.05, 0) is 49.4 Å². The van der Waals surface area contributed by atoms with Crippen LogP contribution < -0.4 is 10.1 Å². The van der Waals surface area contributed by atoms with Gasteiger partial charge in [-0.2, -0.15) is 4.31 Å². The molecule has 2 heterocycles. The summed E-state index contributed by atoms with van der Waals surface area (Å²) in [5.74, 6) is 0.340. The summed E-state index contributed by atoms with van der Waals surface area (Å²) in [6, 6.07) is 4.71. The van der Waals surface area contributed by atoms with Crippen molar-refractivity contribution in [1.29, 1.82) is 0 Å². The van der Waals surface area contributed by atoms with E-state index in [2.05, 4.69) is 5.32 Å². The molecule has 1 aromatic carbocycles. The molecule has 8 heteroatoms. The van der Waals surface area contributed by atoms with Crippen LogP contribution >= 0.6 is 24.0 Å². The standard InChI is InChI=1S/C15H21ClN2O3S.ClH/c1-21-13-4-3-12(16)9-14(13)22(19,20)18-8-6-15(11-18)5-2-7-17-10-15;/h3-4,9,17H,2,5-8,10-11H2,1H3;1H. The normalized spacial score (nSPS) is 25.3. The van der Waals surface area contributed by atoms with Gasteiger partial charge in [-0.3, -0.25) is 0 Å². The van der Waals surface area contributed by atoms with Crippen LogP contribution in [0.1, 0.15) is 19.3 Å². The molecule has 23 heavy (non-hydrogen) atoms. The third-order valence-corrected chi connectivity index (χ3v) is 6.81. The first kappa shape index (κ1) is 18.8. The van der Waals surface area contributed by atoms with E-state index < -0.39 is 10.0 Å². The lowest BCUT2D eigenvalue weighted by Crippen LogP contribution is -2.42. The summed E-state index contributed by atoms with van der Waals surface area (Å²) >= 11 is 5.98. The van der Waals surface area contributed by atoms with Gasteiger partial charge in [0.05, 0.1) is 7.11 Å². The van der Waals surface area contributed by atoms with Crippen molar-refractivity contribution < 1.29 is 13.2 Å². The zero-order valence-electron chi connectivity index (χ0n) is 13.0. The molecule has 1 N–H and O–H groups in total. The molecule has 1 atom stereocenters. The van der Waals surface area contributed by atoms with Crippen molar-refractivity contribution in [3.8, 4) is 5.75 Å². The van der Waals surface area contributed by atoms with Gasteiger partial charge in [-0.1, -0.05) is 11.6 Å². The lowest BCUT2D eigenvalue weighted by molar-refractivity contribution is 0.224. The Labute approximate surface area is 148 Å². The summed E-state index contributed by atoms with van der Waals surface area (Å²) in [6.07, 6.45) is 3.09. The van der Waals surface area contributed by atoms with Crippen LogP contribution in [0.15, 0.2) is 23.1 Å². The molecule has 2 fully saturated rings. The van der Waals surface area contributed by atoms with E-state index in [1.807, 2.05) is 0 Å². The van der Waals surface area contributed by atoms with Crippen LogP contribution in [0.2, 0.25) is 5.02 Å². The number of rotatable bonds is 3. The van der Waals surface area contributed by atoms with Crippen LogP contribution in [-0.2, 0) is 10.0 Å². The van der Waals surface area contributed by atoms with E-state index in [0.717, 1.165) is 32.4 Å². The monoisotopic (exact) mass is 380 g/mol. The maximum Gasteiger partial charge on any atom is 0.246 e. The number of benzene rings is 1. The Hall–Kier alpha value is -0.530. The van der Waals surface area contributed by atoms with Crippen LogP contribution in [0, 0.1) is 5.41 Å². The molecule has 0 bridgehead atoms. The number of sulfonamides is 1. The fourth-order valence-electron chi connectivity index (χ4n) is 3.47. The first-order valence-electron chi connectivity index (χ1n) is 7.51. The predicted octanol–water partition coefficient (Wildman–Crippen LogP) is 2.53. The Morgan fingerprint density at radius 1 is 1.35 bits per heavy atom. The summed E-state index contributed by atoms with van der Waals surface area (Å²) < 4.78 is 32.7. The van der Waals surface area contributed by atoms with Gasteiger partial charge in [0.1, 0.15) is 10.6 Å². The summed E-state index contributed by atoms with van der Waals surface area (Å²) in [4.78, 5) is 0.156. The number of hydrogen-bond acceptors (Lipinski definition) is 4. The minimum Gasteiger partial charge on any atom is -0.495 e. The molecule has 1 aromatic rings. The zero-order chi connectivity index (χ0) is 15.8. The molecule has 2 aliphatic rings. The Morgan fingerprint density at radius 2 is 2.13 bits per heavy atom. The average molecular weight is 381 g/mol. The number of ether oxygens (including phenoxy) is 1. The van der Waals surface area contributed by atoms with Crippen LogP contribution in [0.25, 0.3) is 0 Å². The SMILES string of the molecule is COc1ccc(Cl)cc1S(=O)(=O)N1CCC2(CCCNC2)C1.Cl. The molecule has 5 nitrogen and oxygen atoms in total. The summed E-state index contributed by atoms with van der Waals surface area (Å²) in [6.45, 7) is 3.04. The lowest BCUT2D eigenvalue weighted by atomic mass is 9.80. The quantitative estimate of drug-likeness (QED) is 0.874. The second-order valence-electron chi connectivity index (χ2n) is 6.16. The number of nitrogens with one attached hydrogen (secondary N) is 1. The van der Waals surface area contributed by atoms with Gasteiger partial charge in [0, 0.05) is 24.7 Å². The minimum atomic E-state index is -3.58. The zero-order valence-corrected chi connectivity index (χ0v) is 15.4. The summed E-state index contributed by atoms with van der Waals surface area (Å²) in [7, 11) is -2.11. The molecule has 0 aliphatic carbocycles. The number of halogens is 2. The van der Waals surface area contributed by atoms with E-state index >= 15 is 0 Å². The van der Waals surface area contributed by atoms with Crippen molar-refractivity contribution in [2.45, 2.75) is 24.2 Å². The number of nitrogens with zero attached hydrogens (tertiary/aromatic N) is 1. The second-order valence-corrected chi connectivity index (χ2v) is 8.51. The van der Waals surface area contributed by atoms with Crippen LogP contribution in [-0.4, -0.2) is 46.0 Å². The van der Waals surface area contributed by atoms with Gasteiger partial charge in [0.2, 0.25) is 10.0 Å². The van der Waals surface area contributed by atoms with Crippen molar-refractivity contribution in [2.24, 2.45) is 5.41 Å². The first-order valence-corrected chi connectivity index (χ1v) is 9.33. The average Bonchev–Trinajstić information content (AvgIpc) is 2.92. The maximum absolute atomic E-state index is 13.0. The van der Waals surface area contributed by atoms with Gasteiger partial charge >= 0.3 is 0 Å². The van der Waals surface area contributed by atoms with Crippen LogP contribution in [0.4, 0.5) is 0 Å². The molecule has 0 radical (unpaired) electrons. The first-order chi connectivity index (χ1) is 10.5. The molecule has 1 spiro atoms. The third-order valence-electron chi connectivity index (χ3n) is 4.71. The minimum absolute atomic E-state index is 0.